The Bertz CT molecular complexity index is 1440. The van der Waals surface area contributed by atoms with Gasteiger partial charge in [-0.2, -0.15) is 26.3 Å². The number of halogens is 6. The van der Waals surface area contributed by atoms with Gasteiger partial charge in [0.2, 0.25) is 5.91 Å². The summed E-state index contributed by atoms with van der Waals surface area (Å²) in [6.07, 6.45) is -8.48. The van der Waals surface area contributed by atoms with Crippen molar-refractivity contribution in [1.29, 1.82) is 0 Å². The van der Waals surface area contributed by atoms with E-state index in [1.807, 2.05) is 25.1 Å². The number of methoxy groups -OCH3 is 2. The molecule has 0 radical (unpaired) electrons. The third kappa shape index (κ3) is 9.40. The minimum atomic E-state index is -5.09. The van der Waals surface area contributed by atoms with E-state index in [0.717, 1.165) is 20.2 Å². The van der Waals surface area contributed by atoms with Gasteiger partial charge in [-0.3, -0.25) is 4.79 Å². The zero-order valence-electron chi connectivity index (χ0n) is 24.1. The average molecular weight is 644 g/mol. The molecule has 2 aromatic carbocycles. The van der Waals surface area contributed by atoms with Crippen LogP contribution in [0.15, 0.2) is 61.2 Å². The molecule has 0 spiro atoms. The number of rotatable bonds is 12. The molecule has 238 valence electrons. The maximum Gasteiger partial charge on any atom is 0.416 e. The number of thiophene rings is 1. The van der Waals surface area contributed by atoms with E-state index in [1.165, 1.54) is 36.5 Å². The Morgan fingerprint density at radius 1 is 0.909 bits per heavy atom. The number of carbonyl (C=O) groups excluding carboxylic acids is 2. The first-order valence-electron chi connectivity index (χ1n) is 13.1. The molecule has 1 heterocycles. The Kier molecular flexibility index (Phi) is 11.3. The first-order valence-corrected chi connectivity index (χ1v) is 14.0. The van der Waals surface area contributed by atoms with E-state index < -0.39 is 47.6 Å². The highest BCUT2D eigenvalue weighted by atomic mass is 32.1. The number of nitrogens with zero attached hydrogens (tertiary/aromatic N) is 2. The Morgan fingerprint density at radius 3 is 2.07 bits per heavy atom. The number of alkyl halides is 6. The van der Waals surface area contributed by atoms with Gasteiger partial charge in [0.15, 0.2) is 11.5 Å². The summed E-state index contributed by atoms with van der Waals surface area (Å²) in [7, 11) is 3.01. The number of hydrogen-bond acceptors (Lipinski definition) is 5. The predicted molar refractivity (Wildman–Crippen MR) is 155 cm³/mol. The molecule has 0 aliphatic rings. The van der Waals surface area contributed by atoms with Crippen molar-refractivity contribution in [3.8, 4) is 11.5 Å². The molecule has 7 nitrogen and oxygen atoms in total. The van der Waals surface area contributed by atoms with Gasteiger partial charge in [0, 0.05) is 28.5 Å². The lowest BCUT2D eigenvalue weighted by Crippen LogP contribution is -2.44. The number of hydrogen-bond donors (Lipinski definition) is 1. The van der Waals surface area contributed by atoms with Crippen LogP contribution in [0.3, 0.4) is 0 Å². The third-order valence-corrected chi connectivity index (χ3v) is 7.40. The summed E-state index contributed by atoms with van der Waals surface area (Å²) < 4.78 is 90.4. The highest BCUT2D eigenvalue weighted by molar-refractivity contribution is 7.11. The van der Waals surface area contributed by atoms with Gasteiger partial charge in [0.05, 0.1) is 31.9 Å². The van der Waals surface area contributed by atoms with E-state index in [-0.39, 0.29) is 25.7 Å². The van der Waals surface area contributed by atoms with Crippen molar-refractivity contribution in [2.75, 3.05) is 39.2 Å². The lowest BCUT2D eigenvalue weighted by molar-refractivity contribution is -0.143. The Morgan fingerprint density at radius 2 is 1.55 bits per heavy atom. The maximum absolute atomic E-state index is 13.5. The number of urea groups is 1. The Labute approximate surface area is 254 Å². The van der Waals surface area contributed by atoms with Crippen LogP contribution in [0.5, 0.6) is 11.5 Å². The SMILES string of the molecule is C=CCN(CC(=O)N(CCc1ccc(OC)c(OC)c1)Cc1ccc(C)s1)C(=O)Nc1cc(C(F)(F)F)cc(C(F)(F)F)c1. The van der Waals surface area contributed by atoms with Gasteiger partial charge >= 0.3 is 18.4 Å². The molecule has 1 aromatic heterocycles. The minimum absolute atomic E-state index is 0.0384. The van der Waals surface area contributed by atoms with Crippen LogP contribution in [-0.4, -0.2) is 55.6 Å². The maximum atomic E-state index is 13.5. The number of carbonyl (C=O) groups is 2. The highest BCUT2D eigenvalue weighted by Crippen LogP contribution is 2.37. The molecule has 14 heteroatoms. The summed E-state index contributed by atoms with van der Waals surface area (Å²) >= 11 is 1.49. The molecule has 0 saturated heterocycles. The molecule has 3 rings (SSSR count). The topological polar surface area (TPSA) is 71.1 Å². The van der Waals surface area contributed by atoms with Crippen molar-refractivity contribution in [2.24, 2.45) is 0 Å². The van der Waals surface area contributed by atoms with Crippen molar-refractivity contribution in [2.45, 2.75) is 32.2 Å². The summed E-state index contributed by atoms with van der Waals surface area (Å²) in [5, 5.41) is 2.08. The smallest absolute Gasteiger partial charge is 0.416 e. The van der Waals surface area contributed by atoms with E-state index in [0.29, 0.717) is 30.1 Å². The molecule has 0 fully saturated rings. The molecule has 1 N–H and O–H groups in total. The molecule has 0 unspecified atom stereocenters. The van der Waals surface area contributed by atoms with Crippen molar-refractivity contribution in [3.63, 3.8) is 0 Å². The normalized spacial score (nSPS) is 11.6. The largest absolute Gasteiger partial charge is 0.493 e. The minimum Gasteiger partial charge on any atom is -0.493 e. The third-order valence-electron chi connectivity index (χ3n) is 6.42. The van der Waals surface area contributed by atoms with Crippen LogP contribution in [0.2, 0.25) is 0 Å². The van der Waals surface area contributed by atoms with E-state index in [1.54, 1.807) is 12.1 Å². The van der Waals surface area contributed by atoms with Crippen molar-refractivity contribution >= 4 is 29.0 Å². The van der Waals surface area contributed by atoms with E-state index in [4.69, 9.17) is 9.47 Å². The molecule has 0 aliphatic carbocycles. The number of ether oxygens (including phenoxy) is 2. The second-order valence-electron chi connectivity index (χ2n) is 9.66. The van der Waals surface area contributed by atoms with Gasteiger partial charge < -0.3 is 24.6 Å². The quantitative estimate of drug-likeness (QED) is 0.165. The number of aryl methyl sites for hydroxylation is 1. The fourth-order valence-electron chi connectivity index (χ4n) is 4.22. The lowest BCUT2D eigenvalue weighted by Gasteiger charge is -2.27. The second-order valence-corrected chi connectivity index (χ2v) is 11.0. The fourth-order valence-corrected chi connectivity index (χ4v) is 5.12. The van der Waals surface area contributed by atoms with Gasteiger partial charge in [-0.1, -0.05) is 12.1 Å². The van der Waals surface area contributed by atoms with Crippen LogP contribution in [-0.2, 0) is 30.1 Å². The first-order chi connectivity index (χ1) is 20.6. The van der Waals surface area contributed by atoms with Gasteiger partial charge in [0.25, 0.3) is 0 Å². The predicted octanol–water partition coefficient (Wildman–Crippen LogP) is 7.40. The standard InChI is InChI=1S/C30H31F6N3O4S/c1-5-11-39(28(41)37-23-15-21(29(31,32)33)14-22(16-23)30(34,35)36)18-27(40)38(17-24-8-6-19(2)44-24)12-10-20-7-9-25(42-3)26(13-20)43-4/h5-9,13-16H,1,10-12,17-18H2,2-4H3,(H,37,41). The number of nitrogens with one attached hydrogen (secondary N) is 1. The summed E-state index contributed by atoms with van der Waals surface area (Å²) in [4.78, 5) is 31.0. The Balaban J connectivity index is 1.83. The number of benzene rings is 2. The van der Waals surface area contributed by atoms with E-state index in [2.05, 4.69) is 11.9 Å². The molecular formula is C30H31F6N3O4S. The van der Waals surface area contributed by atoms with Crippen molar-refractivity contribution in [1.82, 2.24) is 9.80 Å². The number of amides is 3. The molecule has 44 heavy (non-hydrogen) atoms. The molecule has 0 aliphatic heterocycles. The molecule has 3 amide bonds. The first kappa shape index (κ1) is 34.3. The zero-order chi connectivity index (χ0) is 32.7. The molecular weight excluding hydrogens is 612 g/mol. The van der Waals surface area contributed by atoms with E-state index >= 15 is 0 Å². The van der Waals surface area contributed by atoms with Crippen LogP contribution >= 0.6 is 11.3 Å². The van der Waals surface area contributed by atoms with Crippen LogP contribution < -0.4 is 14.8 Å². The van der Waals surface area contributed by atoms with Crippen LogP contribution in [0.4, 0.5) is 36.8 Å². The molecule has 0 atom stereocenters. The monoisotopic (exact) mass is 643 g/mol. The molecule has 3 aromatic rings. The van der Waals surface area contributed by atoms with Crippen LogP contribution in [0.1, 0.15) is 26.4 Å². The van der Waals surface area contributed by atoms with Gasteiger partial charge in [-0.05, 0) is 61.4 Å². The Hall–Kier alpha value is -4.20. The van der Waals surface area contributed by atoms with Crippen LogP contribution in [0.25, 0.3) is 0 Å². The fraction of sp³-hybridized carbons (Fsp3) is 0.333. The van der Waals surface area contributed by atoms with Gasteiger partial charge in [-0.15, -0.1) is 17.9 Å². The lowest BCUT2D eigenvalue weighted by atomic mass is 10.1. The molecule has 0 bridgehead atoms. The van der Waals surface area contributed by atoms with E-state index in [9.17, 15) is 35.9 Å². The van der Waals surface area contributed by atoms with Crippen molar-refractivity contribution in [3.05, 3.63) is 87.6 Å². The summed E-state index contributed by atoms with van der Waals surface area (Å²) in [6, 6.07) is 8.79. The van der Waals surface area contributed by atoms with Gasteiger partial charge in [-0.25, -0.2) is 4.79 Å². The van der Waals surface area contributed by atoms with Crippen LogP contribution in [0, 0.1) is 6.92 Å². The summed E-state index contributed by atoms with van der Waals surface area (Å²) in [5.41, 5.74) is -3.05. The second kappa shape index (κ2) is 14.5. The zero-order valence-corrected chi connectivity index (χ0v) is 25.0. The van der Waals surface area contributed by atoms with Gasteiger partial charge in [0.1, 0.15) is 6.54 Å². The summed E-state index contributed by atoms with van der Waals surface area (Å²) in [5.74, 6) is 0.551. The summed E-state index contributed by atoms with van der Waals surface area (Å²) in [6.45, 7) is 5.20. The number of anilines is 1. The highest BCUT2D eigenvalue weighted by Gasteiger charge is 2.37. The van der Waals surface area contributed by atoms with Crippen molar-refractivity contribution < 1.29 is 45.4 Å². The average Bonchev–Trinajstić information content (AvgIpc) is 3.37. The molecule has 0 saturated carbocycles.